The average Bonchev–Trinajstić information content (AvgIpc) is 1.55. The molecule has 0 saturated carbocycles. The van der Waals surface area contributed by atoms with Crippen molar-refractivity contribution in [2.45, 2.75) is 13.1 Å². The number of halogens is 1. The Morgan fingerprint density at radius 1 is 1.45 bits per heavy atom. The Bertz CT molecular complexity index is 106. The molecule has 0 unspecified atom stereocenters. The van der Waals surface area contributed by atoms with E-state index < -0.39 is 19.2 Å². The molecular weight excluding hydrogens is 187 g/mol. The minimum absolute atomic E-state index is 0.0918. The van der Waals surface area contributed by atoms with Gasteiger partial charge in [-0.05, 0) is 13.1 Å². The van der Waals surface area contributed by atoms with Gasteiger partial charge in [0, 0.05) is 6.26 Å². The van der Waals surface area contributed by atoms with Crippen molar-refractivity contribution in [3.05, 3.63) is 0 Å². The van der Waals surface area contributed by atoms with Crippen LogP contribution < -0.4 is 0 Å². The summed E-state index contributed by atoms with van der Waals surface area (Å²) in [5, 5.41) is 0. The van der Waals surface area contributed by atoms with Crippen molar-refractivity contribution >= 4 is 19.2 Å². The third-order valence-corrected chi connectivity index (χ3v) is 2.75. The molecule has 6 heteroatoms. The second-order valence-corrected chi connectivity index (χ2v) is 8.32. The van der Waals surface area contributed by atoms with Gasteiger partial charge in [0.05, 0.1) is 12.4 Å². The molecule has 0 amide bonds. The highest BCUT2D eigenvalue weighted by atomic mass is 32.3. The first-order valence-electron chi connectivity index (χ1n) is 3.24. The Morgan fingerprint density at radius 3 is 2.18 bits per heavy atom. The maximum Gasteiger partial charge on any atom is 0.377 e. The first-order valence-corrected chi connectivity index (χ1v) is 8.15. The van der Waals surface area contributed by atoms with E-state index >= 15 is 0 Å². The Morgan fingerprint density at radius 2 is 1.91 bits per heavy atom. The first-order chi connectivity index (χ1) is 4.71. The van der Waals surface area contributed by atoms with Gasteiger partial charge in [-0.3, -0.25) is 13.2 Å². The van der Waals surface area contributed by atoms with Gasteiger partial charge >= 0.3 is 8.65 Å². The van der Waals surface area contributed by atoms with Gasteiger partial charge in [-0.25, -0.2) is 0 Å². The van der Waals surface area contributed by atoms with E-state index in [4.69, 9.17) is 13.5 Å². The summed E-state index contributed by atoms with van der Waals surface area (Å²) in [5.41, 5.74) is 0. The smallest absolute Gasteiger partial charge is 0.377 e. The van der Waals surface area contributed by atoms with Gasteiger partial charge in [-0.15, -0.1) is 0 Å². The van der Waals surface area contributed by atoms with Crippen molar-refractivity contribution < 1.29 is 17.6 Å². The zero-order chi connectivity index (χ0) is 9.12. The van der Waals surface area contributed by atoms with Crippen molar-refractivity contribution in [2.75, 3.05) is 18.6 Å². The minimum atomic E-state index is -2.97. The SMILES string of the molecule is C[Si](C)(F)OCCS(C)(O)O. The van der Waals surface area contributed by atoms with Gasteiger partial charge in [0.2, 0.25) is 0 Å². The summed E-state index contributed by atoms with van der Waals surface area (Å²) in [5.74, 6) is 0.118. The summed E-state index contributed by atoms with van der Waals surface area (Å²) in [6.45, 7) is 2.91. The second-order valence-electron chi connectivity index (χ2n) is 2.91. The van der Waals surface area contributed by atoms with Crippen molar-refractivity contribution in [1.29, 1.82) is 0 Å². The minimum Gasteiger partial charge on any atom is -0.390 e. The fourth-order valence-electron chi connectivity index (χ4n) is 0.442. The van der Waals surface area contributed by atoms with Crippen LogP contribution in [0.15, 0.2) is 0 Å². The van der Waals surface area contributed by atoms with E-state index in [2.05, 4.69) is 0 Å². The van der Waals surface area contributed by atoms with Crippen LogP contribution in [0.3, 0.4) is 0 Å². The summed E-state index contributed by atoms with van der Waals surface area (Å²) in [4.78, 5) is 0. The zero-order valence-corrected chi connectivity index (χ0v) is 8.82. The highest BCUT2D eigenvalue weighted by molar-refractivity contribution is 8.23. The third kappa shape index (κ3) is 10.4. The van der Waals surface area contributed by atoms with Crippen molar-refractivity contribution in [2.24, 2.45) is 0 Å². The van der Waals surface area contributed by atoms with Crippen LogP contribution in [0.4, 0.5) is 4.11 Å². The molecule has 0 spiro atoms. The van der Waals surface area contributed by atoms with Crippen molar-refractivity contribution in [3.8, 4) is 0 Å². The summed E-state index contributed by atoms with van der Waals surface area (Å²) in [6.07, 6.45) is 1.32. The molecule has 2 N–H and O–H groups in total. The average molecular weight is 202 g/mol. The number of hydrogen-bond donors (Lipinski definition) is 2. The molecule has 0 aliphatic rings. The second kappa shape index (κ2) is 3.86. The maximum absolute atomic E-state index is 12.7. The van der Waals surface area contributed by atoms with E-state index in [1.54, 1.807) is 0 Å². The number of hydrogen-bond acceptors (Lipinski definition) is 3. The van der Waals surface area contributed by atoms with E-state index in [-0.39, 0.29) is 12.4 Å². The highest BCUT2D eigenvalue weighted by Crippen LogP contribution is 2.32. The van der Waals surface area contributed by atoms with Crippen LogP contribution in [-0.4, -0.2) is 36.4 Å². The fourth-order valence-corrected chi connectivity index (χ4v) is 1.58. The van der Waals surface area contributed by atoms with Crippen LogP contribution in [0, 0.1) is 0 Å². The van der Waals surface area contributed by atoms with Crippen LogP contribution in [0.5, 0.6) is 0 Å². The van der Waals surface area contributed by atoms with Crippen LogP contribution >= 0.6 is 10.6 Å². The molecule has 0 aliphatic carbocycles. The summed E-state index contributed by atoms with van der Waals surface area (Å²) in [6, 6.07) is 0. The molecule has 0 fully saturated rings. The Hall–Kier alpha value is 0.377. The molecule has 0 aromatic carbocycles. The quantitative estimate of drug-likeness (QED) is 0.542. The van der Waals surface area contributed by atoms with Crippen LogP contribution in [0.1, 0.15) is 0 Å². The van der Waals surface area contributed by atoms with Crippen molar-refractivity contribution in [3.63, 3.8) is 0 Å². The molecule has 3 nitrogen and oxygen atoms in total. The summed E-state index contributed by atoms with van der Waals surface area (Å²) < 4.78 is 35.2. The Labute approximate surface area is 69.2 Å². The Balaban J connectivity index is 3.44. The summed E-state index contributed by atoms with van der Waals surface area (Å²) in [7, 11) is -5.48. The molecule has 0 heterocycles. The lowest BCUT2D eigenvalue weighted by molar-refractivity contribution is 0.292. The first kappa shape index (κ1) is 11.4. The van der Waals surface area contributed by atoms with E-state index in [1.165, 1.54) is 19.3 Å². The highest BCUT2D eigenvalue weighted by Gasteiger charge is 2.22. The van der Waals surface area contributed by atoms with Gasteiger partial charge in [0.1, 0.15) is 0 Å². The van der Waals surface area contributed by atoms with E-state index in [9.17, 15) is 4.11 Å². The molecule has 0 bridgehead atoms. The van der Waals surface area contributed by atoms with Gasteiger partial charge in [0.15, 0.2) is 0 Å². The van der Waals surface area contributed by atoms with E-state index in [0.29, 0.717) is 0 Å². The standard InChI is InChI=1S/C5H15FO3SSi/c1-10(7,8)5-4-9-11(2,3)6/h7-8H,4-5H2,1-3H3. The molecule has 0 aromatic rings. The molecule has 11 heavy (non-hydrogen) atoms. The predicted molar refractivity (Wildman–Crippen MR) is 48.2 cm³/mol. The molecule has 0 rings (SSSR count). The van der Waals surface area contributed by atoms with Gasteiger partial charge < -0.3 is 4.43 Å². The lowest BCUT2D eigenvalue weighted by atomic mass is 10.9. The number of rotatable bonds is 4. The predicted octanol–water partition coefficient (Wildman–Crippen LogP) is 2.05. The molecule has 0 saturated heterocycles. The normalized spacial score (nSPS) is 15.1. The largest absolute Gasteiger partial charge is 0.390 e. The van der Waals surface area contributed by atoms with Crippen LogP contribution in [-0.2, 0) is 4.43 Å². The van der Waals surface area contributed by atoms with Crippen molar-refractivity contribution in [1.82, 2.24) is 0 Å². The topological polar surface area (TPSA) is 49.7 Å². The molecule has 0 aliphatic heterocycles. The lowest BCUT2D eigenvalue weighted by Gasteiger charge is -2.27. The molecule has 0 aromatic heterocycles. The van der Waals surface area contributed by atoms with E-state index in [1.807, 2.05) is 0 Å². The van der Waals surface area contributed by atoms with Crippen LogP contribution in [0.25, 0.3) is 0 Å². The molecule has 0 radical (unpaired) electrons. The maximum atomic E-state index is 12.7. The third-order valence-electron chi connectivity index (χ3n) is 0.915. The Kier molecular flexibility index (Phi) is 3.99. The molecular formula is C5H15FO3SSi. The molecule has 70 valence electrons. The zero-order valence-electron chi connectivity index (χ0n) is 7.00. The van der Waals surface area contributed by atoms with Gasteiger partial charge in [-0.2, -0.15) is 10.6 Å². The molecule has 0 atom stereocenters. The lowest BCUT2D eigenvalue weighted by Crippen LogP contribution is -2.26. The van der Waals surface area contributed by atoms with Gasteiger partial charge in [0.25, 0.3) is 0 Å². The monoisotopic (exact) mass is 202 g/mol. The van der Waals surface area contributed by atoms with Gasteiger partial charge in [-0.1, -0.05) is 0 Å². The van der Waals surface area contributed by atoms with Crippen LogP contribution in [0.2, 0.25) is 13.1 Å². The summed E-state index contributed by atoms with van der Waals surface area (Å²) >= 11 is 0. The fraction of sp³-hybridized carbons (Fsp3) is 1.00. The van der Waals surface area contributed by atoms with E-state index in [0.717, 1.165) is 0 Å².